The lowest BCUT2D eigenvalue weighted by molar-refractivity contribution is -0.122. The van der Waals surface area contributed by atoms with Crippen molar-refractivity contribution in [3.05, 3.63) is 53.6 Å². The quantitative estimate of drug-likeness (QED) is 0.745. The zero-order valence-electron chi connectivity index (χ0n) is 17.9. The molecule has 2 aromatic rings. The van der Waals surface area contributed by atoms with Crippen molar-refractivity contribution < 1.29 is 14.3 Å². The van der Waals surface area contributed by atoms with Gasteiger partial charge in [-0.3, -0.25) is 4.79 Å². The molecule has 0 bridgehead atoms. The Labute approximate surface area is 174 Å². The Balaban J connectivity index is 1.56. The Morgan fingerprint density at radius 3 is 2.48 bits per heavy atom. The van der Waals surface area contributed by atoms with Crippen LogP contribution in [-0.4, -0.2) is 43.2 Å². The third kappa shape index (κ3) is 5.97. The lowest BCUT2D eigenvalue weighted by Crippen LogP contribution is -2.35. The minimum Gasteiger partial charge on any atom is -0.490 e. The molecular formula is C24H32N2O3. The average Bonchev–Trinajstić information content (AvgIpc) is 2.71. The van der Waals surface area contributed by atoms with Crippen LogP contribution in [0, 0.1) is 13.8 Å². The van der Waals surface area contributed by atoms with Crippen molar-refractivity contribution in [3.63, 3.8) is 0 Å². The van der Waals surface area contributed by atoms with E-state index in [0.29, 0.717) is 6.42 Å². The lowest BCUT2D eigenvalue weighted by atomic mass is 10.1. The number of nitrogens with zero attached hydrogens (tertiary/aromatic N) is 1. The van der Waals surface area contributed by atoms with Gasteiger partial charge >= 0.3 is 0 Å². The second-order valence-corrected chi connectivity index (χ2v) is 7.92. The molecule has 1 N–H and O–H groups in total. The maximum absolute atomic E-state index is 12.7. The zero-order chi connectivity index (χ0) is 20.8. The van der Waals surface area contributed by atoms with E-state index in [9.17, 15) is 4.79 Å². The summed E-state index contributed by atoms with van der Waals surface area (Å²) >= 11 is 0. The minimum absolute atomic E-state index is 0.141. The van der Waals surface area contributed by atoms with Gasteiger partial charge in [0.25, 0.3) is 5.91 Å². The third-order valence-electron chi connectivity index (χ3n) is 5.37. The fraction of sp³-hybridized carbons (Fsp3) is 0.458. The minimum atomic E-state index is -0.536. The van der Waals surface area contributed by atoms with Gasteiger partial charge in [0.15, 0.2) is 6.10 Å². The zero-order valence-corrected chi connectivity index (χ0v) is 17.9. The van der Waals surface area contributed by atoms with Crippen molar-refractivity contribution in [2.24, 2.45) is 0 Å². The van der Waals surface area contributed by atoms with E-state index in [2.05, 4.69) is 17.3 Å². The highest BCUT2D eigenvalue weighted by Gasteiger charge is 2.20. The lowest BCUT2D eigenvalue weighted by Gasteiger charge is -2.29. The summed E-state index contributed by atoms with van der Waals surface area (Å²) in [6.07, 6.45) is 2.41. The van der Waals surface area contributed by atoms with E-state index in [4.69, 9.17) is 9.47 Å². The van der Waals surface area contributed by atoms with Crippen LogP contribution in [0.4, 0.5) is 5.69 Å². The van der Waals surface area contributed by atoms with Crippen LogP contribution in [0.15, 0.2) is 42.5 Å². The Kier molecular flexibility index (Phi) is 7.15. The van der Waals surface area contributed by atoms with Crippen LogP contribution in [-0.2, 0) is 4.79 Å². The topological polar surface area (TPSA) is 50.8 Å². The molecule has 0 saturated carbocycles. The summed E-state index contributed by atoms with van der Waals surface area (Å²) in [4.78, 5) is 15.0. The molecule has 2 aromatic carbocycles. The van der Waals surface area contributed by atoms with E-state index in [0.717, 1.165) is 54.2 Å². The Hall–Kier alpha value is -2.53. The first-order valence-corrected chi connectivity index (χ1v) is 10.4. The first-order valence-electron chi connectivity index (χ1n) is 10.4. The predicted octanol–water partition coefficient (Wildman–Crippen LogP) is 4.57. The molecule has 0 spiro atoms. The van der Waals surface area contributed by atoms with Gasteiger partial charge in [-0.15, -0.1) is 0 Å². The molecular weight excluding hydrogens is 364 g/mol. The maximum Gasteiger partial charge on any atom is 0.265 e. The highest BCUT2D eigenvalue weighted by atomic mass is 16.5. The molecule has 156 valence electrons. The van der Waals surface area contributed by atoms with Gasteiger partial charge in [-0.1, -0.05) is 19.1 Å². The number of hydrogen-bond acceptors (Lipinski definition) is 4. The predicted molar refractivity (Wildman–Crippen MR) is 117 cm³/mol. The summed E-state index contributed by atoms with van der Waals surface area (Å²) < 4.78 is 12.1. The molecule has 0 radical (unpaired) electrons. The highest BCUT2D eigenvalue weighted by Crippen LogP contribution is 2.23. The monoisotopic (exact) mass is 396 g/mol. The Morgan fingerprint density at radius 1 is 1.14 bits per heavy atom. The van der Waals surface area contributed by atoms with E-state index in [1.54, 1.807) is 0 Å². The maximum atomic E-state index is 12.7. The van der Waals surface area contributed by atoms with Crippen LogP contribution < -0.4 is 14.8 Å². The molecule has 1 aliphatic rings. The van der Waals surface area contributed by atoms with E-state index in [1.807, 2.05) is 63.2 Å². The summed E-state index contributed by atoms with van der Waals surface area (Å²) in [5.41, 5.74) is 2.88. The molecule has 1 unspecified atom stereocenters. The van der Waals surface area contributed by atoms with Crippen LogP contribution in [0.2, 0.25) is 0 Å². The molecule has 0 aliphatic carbocycles. The molecule has 1 aliphatic heterocycles. The SMILES string of the molecule is CCC(Oc1cc(C)ccc1C)C(=O)Nc1ccc(OC2CCN(C)CC2)cc1. The molecule has 29 heavy (non-hydrogen) atoms. The number of aryl methyl sites for hydroxylation is 2. The molecule has 1 atom stereocenters. The number of ether oxygens (including phenoxy) is 2. The summed E-state index contributed by atoms with van der Waals surface area (Å²) in [5, 5.41) is 2.96. The van der Waals surface area contributed by atoms with Gasteiger partial charge in [0, 0.05) is 18.8 Å². The van der Waals surface area contributed by atoms with Crippen LogP contribution in [0.1, 0.15) is 37.3 Å². The van der Waals surface area contributed by atoms with E-state index in [1.165, 1.54) is 0 Å². The molecule has 1 heterocycles. The summed E-state index contributed by atoms with van der Waals surface area (Å²) in [6.45, 7) is 8.09. The molecule has 1 amide bonds. The molecule has 1 saturated heterocycles. The number of nitrogens with one attached hydrogen (secondary N) is 1. The van der Waals surface area contributed by atoms with Crippen molar-refractivity contribution in [2.75, 3.05) is 25.5 Å². The Bertz CT molecular complexity index is 811. The van der Waals surface area contributed by atoms with Crippen molar-refractivity contribution >= 4 is 11.6 Å². The van der Waals surface area contributed by atoms with E-state index >= 15 is 0 Å². The number of rotatable bonds is 7. The Morgan fingerprint density at radius 2 is 1.83 bits per heavy atom. The smallest absolute Gasteiger partial charge is 0.265 e. The van der Waals surface area contributed by atoms with Crippen molar-refractivity contribution in [1.82, 2.24) is 4.90 Å². The molecule has 5 nitrogen and oxygen atoms in total. The second-order valence-electron chi connectivity index (χ2n) is 7.92. The van der Waals surface area contributed by atoms with Crippen LogP contribution in [0.25, 0.3) is 0 Å². The molecule has 3 rings (SSSR count). The first kappa shape index (κ1) is 21.2. The summed E-state index contributed by atoms with van der Waals surface area (Å²) in [6, 6.07) is 13.6. The molecule has 0 aromatic heterocycles. The third-order valence-corrected chi connectivity index (χ3v) is 5.37. The van der Waals surface area contributed by atoms with Crippen molar-refractivity contribution in [2.45, 2.75) is 52.2 Å². The second kappa shape index (κ2) is 9.79. The summed E-state index contributed by atoms with van der Waals surface area (Å²) in [7, 11) is 2.14. The van der Waals surface area contributed by atoms with Gasteiger partial charge in [0.05, 0.1) is 0 Å². The fourth-order valence-corrected chi connectivity index (χ4v) is 3.44. The number of amides is 1. The van der Waals surface area contributed by atoms with Crippen LogP contribution in [0.3, 0.4) is 0 Å². The van der Waals surface area contributed by atoms with Gasteiger partial charge in [-0.2, -0.15) is 0 Å². The number of benzene rings is 2. The number of likely N-dealkylation sites (tertiary alicyclic amines) is 1. The van der Waals surface area contributed by atoms with Crippen molar-refractivity contribution in [3.8, 4) is 11.5 Å². The molecule has 5 heteroatoms. The van der Waals surface area contributed by atoms with Crippen molar-refractivity contribution in [1.29, 1.82) is 0 Å². The number of piperidine rings is 1. The normalized spacial score (nSPS) is 16.3. The van der Waals surface area contributed by atoms with Crippen LogP contribution >= 0.6 is 0 Å². The van der Waals surface area contributed by atoms with Gasteiger partial charge in [-0.25, -0.2) is 0 Å². The largest absolute Gasteiger partial charge is 0.490 e. The average molecular weight is 397 g/mol. The number of carbonyl (C=O) groups excluding carboxylic acids is 1. The highest BCUT2D eigenvalue weighted by molar-refractivity contribution is 5.94. The van der Waals surface area contributed by atoms with Gasteiger partial charge < -0.3 is 19.7 Å². The fourth-order valence-electron chi connectivity index (χ4n) is 3.44. The standard InChI is InChI=1S/C24H32N2O3/c1-5-22(29-23-16-17(2)6-7-18(23)3)24(27)25-19-8-10-20(11-9-19)28-21-12-14-26(4)15-13-21/h6-11,16,21-22H,5,12-15H2,1-4H3,(H,25,27). The number of anilines is 1. The van der Waals surface area contributed by atoms with Gasteiger partial charge in [-0.05, 0) is 81.6 Å². The van der Waals surface area contributed by atoms with E-state index < -0.39 is 6.10 Å². The summed E-state index contributed by atoms with van der Waals surface area (Å²) in [5.74, 6) is 1.46. The number of hydrogen-bond donors (Lipinski definition) is 1. The van der Waals surface area contributed by atoms with E-state index in [-0.39, 0.29) is 12.0 Å². The molecule has 1 fully saturated rings. The van der Waals surface area contributed by atoms with Gasteiger partial charge in [0.2, 0.25) is 0 Å². The van der Waals surface area contributed by atoms with Crippen LogP contribution in [0.5, 0.6) is 11.5 Å². The van der Waals surface area contributed by atoms with Gasteiger partial charge in [0.1, 0.15) is 17.6 Å². The first-order chi connectivity index (χ1) is 13.9. The number of carbonyl (C=O) groups is 1.